The molecule has 1 heterocycles. The molecule has 1 aromatic heterocycles. The zero-order chi connectivity index (χ0) is 13.0. The summed E-state index contributed by atoms with van der Waals surface area (Å²) in [6, 6.07) is 9.84. The fraction of sp³-hybridized carbons (Fsp3) is 0.231. The van der Waals surface area contributed by atoms with Gasteiger partial charge in [0.25, 0.3) is 0 Å². The molecule has 0 unspecified atom stereocenters. The number of ether oxygens (including phenoxy) is 1. The highest BCUT2D eigenvalue weighted by molar-refractivity contribution is 8.00. The van der Waals surface area contributed by atoms with E-state index in [2.05, 4.69) is 5.10 Å². The van der Waals surface area contributed by atoms with E-state index in [-0.39, 0.29) is 5.78 Å². The van der Waals surface area contributed by atoms with Gasteiger partial charge in [0.15, 0.2) is 11.5 Å². The Labute approximate surface area is 110 Å². The molecule has 94 valence electrons. The fourth-order valence-electron chi connectivity index (χ4n) is 1.62. The van der Waals surface area contributed by atoms with Gasteiger partial charge in [-0.1, -0.05) is 18.2 Å². The van der Waals surface area contributed by atoms with E-state index in [1.807, 2.05) is 30.3 Å². The van der Waals surface area contributed by atoms with Crippen LogP contribution in [-0.2, 0) is 7.05 Å². The van der Waals surface area contributed by atoms with Crippen LogP contribution in [0.15, 0.2) is 41.4 Å². The Morgan fingerprint density at radius 1 is 1.39 bits per heavy atom. The molecule has 0 fully saturated rings. The average Bonchev–Trinajstić information content (AvgIpc) is 2.78. The van der Waals surface area contributed by atoms with E-state index >= 15 is 0 Å². The van der Waals surface area contributed by atoms with Gasteiger partial charge in [0.05, 0.1) is 19.1 Å². The molecule has 0 N–H and O–H groups in total. The number of hydrogen-bond donors (Lipinski definition) is 0. The zero-order valence-electron chi connectivity index (χ0n) is 10.3. The summed E-state index contributed by atoms with van der Waals surface area (Å²) in [6.45, 7) is 0. The highest BCUT2D eigenvalue weighted by Crippen LogP contribution is 2.22. The van der Waals surface area contributed by atoms with Crippen molar-refractivity contribution in [3.05, 3.63) is 42.2 Å². The summed E-state index contributed by atoms with van der Waals surface area (Å²) >= 11 is 1.51. The van der Waals surface area contributed by atoms with Crippen molar-refractivity contribution in [3.63, 3.8) is 0 Å². The van der Waals surface area contributed by atoms with E-state index in [9.17, 15) is 4.79 Å². The van der Waals surface area contributed by atoms with Crippen molar-refractivity contribution in [2.45, 2.75) is 4.90 Å². The Hall–Kier alpha value is -1.75. The van der Waals surface area contributed by atoms with Gasteiger partial charge in [-0.05, 0) is 12.1 Å². The van der Waals surface area contributed by atoms with Gasteiger partial charge in [-0.2, -0.15) is 5.10 Å². The normalized spacial score (nSPS) is 10.3. The molecule has 18 heavy (non-hydrogen) atoms. The third-order valence-electron chi connectivity index (χ3n) is 2.50. The Morgan fingerprint density at radius 2 is 2.11 bits per heavy atom. The van der Waals surface area contributed by atoms with E-state index in [1.165, 1.54) is 18.9 Å². The molecular formula is C13H14N2O2S. The van der Waals surface area contributed by atoms with Crippen molar-refractivity contribution < 1.29 is 9.53 Å². The van der Waals surface area contributed by atoms with Crippen molar-refractivity contribution in [1.29, 1.82) is 0 Å². The largest absolute Gasteiger partial charge is 0.493 e. The zero-order valence-corrected chi connectivity index (χ0v) is 11.1. The first-order valence-electron chi connectivity index (χ1n) is 5.49. The Bertz CT molecular complexity index is 537. The third kappa shape index (κ3) is 2.73. The number of Topliss-reactive ketones (excluding diaryl/α,β-unsaturated/α-hetero) is 1. The number of benzene rings is 1. The maximum Gasteiger partial charge on any atom is 0.194 e. The molecule has 0 bridgehead atoms. The summed E-state index contributed by atoms with van der Waals surface area (Å²) in [4.78, 5) is 13.2. The van der Waals surface area contributed by atoms with Gasteiger partial charge in [0.1, 0.15) is 5.69 Å². The molecule has 2 aromatic rings. The minimum absolute atomic E-state index is 0.0145. The number of carbonyl (C=O) groups is 1. The minimum Gasteiger partial charge on any atom is -0.493 e. The lowest BCUT2D eigenvalue weighted by Crippen LogP contribution is -2.10. The van der Waals surface area contributed by atoms with Crippen LogP contribution < -0.4 is 4.74 Å². The summed E-state index contributed by atoms with van der Waals surface area (Å²) in [6.07, 6.45) is 1.56. The van der Waals surface area contributed by atoms with Gasteiger partial charge in [-0.3, -0.25) is 9.48 Å². The van der Waals surface area contributed by atoms with E-state index in [0.717, 1.165) is 4.90 Å². The molecule has 0 saturated heterocycles. The first-order chi connectivity index (χ1) is 8.72. The van der Waals surface area contributed by atoms with Crippen LogP contribution in [0.2, 0.25) is 0 Å². The van der Waals surface area contributed by atoms with Crippen molar-refractivity contribution in [2.75, 3.05) is 12.9 Å². The predicted octanol–water partition coefficient (Wildman–Crippen LogP) is 2.40. The molecule has 0 radical (unpaired) electrons. The van der Waals surface area contributed by atoms with Crippen LogP contribution in [0.25, 0.3) is 0 Å². The van der Waals surface area contributed by atoms with Gasteiger partial charge in [-0.15, -0.1) is 11.8 Å². The Morgan fingerprint density at radius 3 is 2.78 bits per heavy atom. The average molecular weight is 262 g/mol. The second-order valence-electron chi connectivity index (χ2n) is 3.71. The topological polar surface area (TPSA) is 44.1 Å². The number of aryl methyl sites for hydroxylation is 1. The van der Waals surface area contributed by atoms with Crippen LogP contribution in [-0.4, -0.2) is 28.4 Å². The molecule has 0 aliphatic heterocycles. The van der Waals surface area contributed by atoms with Crippen LogP contribution in [0.1, 0.15) is 10.5 Å². The molecule has 0 amide bonds. The number of nitrogens with zero attached hydrogens (tertiary/aromatic N) is 2. The summed E-state index contributed by atoms with van der Waals surface area (Å²) in [5.74, 6) is 0.914. The van der Waals surface area contributed by atoms with Gasteiger partial charge in [0, 0.05) is 11.9 Å². The standard InChI is InChI=1S/C13H14N2O2S/c1-15-13(12(17-2)8-14-15)11(16)9-18-10-6-4-3-5-7-10/h3-8H,9H2,1-2H3. The van der Waals surface area contributed by atoms with Crippen LogP contribution in [0.3, 0.4) is 0 Å². The van der Waals surface area contributed by atoms with Gasteiger partial charge in [0.2, 0.25) is 0 Å². The lowest BCUT2D eigenvalue weighted by atomic mass is 10.3. The molecule has 0 saturated carbocycles. The monoisotopic (exact) mass is 262 g/mol. The summed E-state index contributed by atoms with van der Waals surface area (Å²) < 4.78 is 6.67. The van der Waals surface area contributed by atoms with Crippen molar-refractivity contribution >= 4 is 17.5 Å². The maximum atomic E-state index is 12.1. The van der Waals surface area contributed by atoms with Gasteiger partial charge in [-0.25, -0.2) is 0 Å². The molecule has 1 aromatic carbocycles. The lowest BCUT2D eigenvalue weighted by Gasteiger charge is -2.04. The summed E-state index contributed by atoms with van der Waals surface area (Å²) in [5.41, 5.74) is 0.515. The van der Waals surface area contributed by atoms with Crippen LogP contribution in [0.4, 0.5) is 0 Å². The molecule has 4 nitrogen and oxygen atoms in total. The van der Waals surface area contributed by atoms with Crippen molar-refractivity contribution in [1.82, 2.24) is 9.78 Å². The van der Waals surface area contributed by atoms with E-state index < -0.39 is 0 Å². The van der Waals surface area contributed by atoms with Gasteiger partial charge < -0.3 is 4.74 Å². The molecular weight excluding hydrogens is 248 g/mol. The van der Waals surface area contributed by atoms with Crippen molar-refractivity contribution in [3.8, 4) is 5.75 Å². The summed E-state index contributed by atoms with van der Waals surface area (Å²) in [5, 5.41) is 4.03. The second-order valence-corrected chi connectivity index (χ2v) is 4.76. The molecule has 5 heteroatoms. The molecule has 2 rings (SSSR count). The highest BCUT2D eigenvalue weighted by atomic mass is 32.2. The molecule has 0 spiro atoms. The fourth-order valence-corrected chi connectivity index (χ4v) is 2.40. The van der Waals surface area contributed by atoms with Gasteiger partial charge >= 0.3 is 0 Å². The number of aromatic nitrogens is 2. The molecule has 0 atom stereocenters. The van der Waals surface area contributed by atoms with Crippen LogP contribution >= 0.6 is 11.8 Å². The highest BCUT2D eigenvalue weighted by Gasteiger charge is 2.17. The van der Waals surface area contributed by atoms with E-state index in [1.54, 1.807) is 17.9 Å². The number of rotatable bonds is 5. The number of hydrogen-bond acceptors (Lipinski definition) is 4. The number of ketones is 1. The maximum absolute atomic E-state index is 12.1. The Kier molecular flexibility index (Phi) is 4.04. The minimum atomic E-state index is 0.0145. The SMILES string of the molecule is COc1cnn(C)c1C(=O)CSc1ccccc1. The first kappa shape index (κ1) is 12.7. The summed E-state index contributed by atoms with van der Waals surface area (Å²) in [7, 11) is 3.28. The third-order valence-corrected chi connectivity index (χ3v) is 3.51. The number of carbonyl (C=O) groups excluding carboxylic acids is 1. The van der Waals surface area contributed by atoms with E-state index in [4.69, 9.17) is 4.74 Å². The molecule has 0 aliphatic rings. The second kappa shape index (κ2) is 5.73. The predicted molar refractivity (Wildman–Crippen MR) is 71.3 cm³/mol. The first-order valence-corrected chi connectivity index (χ1v) is 6.48. The smallest absolute Gasteiger partial charge is 0.194 e. The quantitative estimate of drug-likeness (QED) is 0.613. The van der Waals surface area contributed by atoms with Crippen LogP contribution in [0, 0.1) is 0 Å². The van der Waals surface area contributed by atoms with Crippen LogP contribution in [0.5, 0.6) is 5.75 Å². The molecule has 0 aliphatic carbocycles. The Balaban J connectivity index is 2.06. The van der Waals surface area contributed by atoms with Crippen molar-refractivity contribution in [2.24, 2.45) is 7.05 Å². The number of thioether (sulfide) groups is 1. The lowest BCUT2D eigenvalue weighted by molar-refractivity contribution is 0.101. The number of methoxy groups -OCH3 is 1. The van der Waals surface area contributed by atoms with E-state index in [0.29, 0.717) is 17.2 Å².